The van der Waals surface area contributed by atoms with E-state index in [1.165, 1.54) is 6.92 Å². The Morgan fingerprint density at radius 1 is 1.03 bits per heavy atom. The van der Waals surface area contributed by atoms with Crippen LogP contribution in [0.2, 0.25) is 0 Å². The summed E-state index contributed by atoms with van der Waals surface area (Å²) in [7, 11) is 0. The summed E-state index contributed by atoms with van der Waals surface area (Å²) in [5.41, 5.74) is 2.54. The molecule has 0 fully saturated rings. The van der Waals surface area contributed by atoms with Gasteiger partial charge in [0.2, 0.25) is 5.91 Å². The number of nitrogens with one attached hydrogen (secondary N) is 2. The van der Waals surface area contributed by atoms with Gasteiger partial charge in [0, 0.05) is 31.0 Å². The summed E-state index contributed by atoms with van der Waals surface area (Å²) in [6, 6.07) is 14.7. The summed E-state index contributed by atoms with van der Waals surface area (Å²) in [4.78, 5) is 37.3. The maximum atomic E-state index is 13.9. The molecule has 1 aromatic heterocycles. The van der Waals surface area contributed by atoms with Crippen LogP contribution in [-0.2, 0) is 17.9 Å². The zero-order valence-corrected chi connectivity index (χ0v) is 21.3. The number of amides is 2. The van der Waals surface area contributed by atoms with E-state index >= 15 is 0 Å². The lowest BCUT2D eigenvalue weighted by Gasteiger charge is -2.35. The molecule has 0 bridgehead atoms. The first-order valence-electron chi connectivity index (χ1n) is 11.9. The van der Waals surface area contributed by atoms with E-state index in [2.05, 4.69) is 10.6 Å². The summed E-state index contributed by atoms with van der Waals surface area (Å²) in [5, 5.41) is 16.6. The van der Waals surface area contributed by atoms with E-state index in [0.717, 1.165) is 22.1 Å². The molecule has 7 nitrogen and oxygen atoms in total. The Kier molecular flexibility index (Phi) is 7.68. The average molecular weight is 478 g/mol. The molecule has 186 valence electrons. The lowest BCUT2D eigenvalue weighted by Crippen LogP contribution is -2.40. The predicted octanol–water partition coefficient (Wildman–Crippen LogP) is 5.32. The monoisotopic (exact) mass is 477 g/mol. The van der Waals surface area contributed by atoms with E-state index < -0.39 is 17.6 Å². The number of carbonyl (C=O) groups excluding carboxylic acids is 1. The van der Waals surface area contributed by atoms with E-state index in [-0.39, 0.29) is 17.4 Å². The molecule has 0 aliphatic rings. The Morgan fingerprint density at radius 3 is 2.23 bits per heavy atom. The number of hydrogen-bond acceptors (Lipinski definition) is 3. The van der Waals surface area contributed by atoms with E-state index in [1.807, 2.05) is 77.1 Å². The number of carbonyl (C=O) groups is 2. The molecule has 0 saturated carbocycles. The lowest BCUT2D eigenvalue weighted by molar-refractivity contribution is -0.119. The second kappa shape index (κ2) is 10.3. The first kappa shape index (κ1) is 26.0. The Labute approximate surface area is 206 Å². The van der Waals surface area contributed by atoms with Crippen molar-refractivity contribution in [3.8, 4) is 11.1 Å². The molecule has 1 heterocycles. The smallest absolute Gasteiger partial charge is 0.405 e. The summed E-state index contributed by atoms with van der Waals surface area (Å²) in [5.74, 6) is 0.0249. The van der Waals surface area contributed by atoms with Crippen LogP contribution in [0, 0.1) is 11.3 Å². The van der Waals surface area contributed by atoms with Crippen LogP contribution in [0.5, 0.6) is 0 Å². The molecule has 0 saturated heterocycles. The first-order chi connectivity index (χ1) is 16.4. The van der Waals surface area contributed by atoms with Gasteiger partial charge in [0.1, 0.15) is 0 Å². The molecule has 7 heteroatoms. The normalized spacial score (nSPS) is 12.5. The molecule has 3 rings (SSSR count). The van der Waals surface area contributed by atoms with E-state index in [9.17, 15) is 19.5 Å². The van der Waals surface area contributed by atoms with Gasteiger partial charge in [-0.05, 0) is 40.0 Å². The molecule has 2 aromatic carbocycles. The van der Waals surface area contributed by atoms with Gasteiger partial charge < -0.3 is 20.3 Å². The number of nitrogens with zero attached hydrogens (tertiary/aromatic N) is 1. The Morgan fingerprint density at radius 2 is 1.69 bits per heavy atom. The number of hydrogen-bond donors (Lipinski definition) is 3. The van der Waals surface area contributed by atoms with Crippen molar-refractivity contribution < 1.29 is 14.7 Å². The molecule has 35 heavy (non-hydrogen) atoms. The van der Waals surface area contributed by atoms with Gasteiger partial charge in [-0.2, -0.15) is 0 Å². The van der Waals surface area contributed by atoms with E-state index in [1.54, 1.807) is 10.6 Å². The molecular formula is C28H35N3O4. The minimum Gasteiger partial charge on any atom is -0.465 e. The largest absolute Gasteiger partial charge is 0.465 e. The lowest BCUT2D eigenvalue weighted by atomic mass is 9.80. The molecule has 0 radical (unpaired) electrons. The average Bonchev–Trinajstić information content (AvgIpc) is 2.77. The number of aromatic nitrogens is 1. The minimum absolute atomic E-state index is 0.139. The van der Waals surface area contributed by atoms with Gasteiger partial charge in [0.25, 0.3) is 5.56 Å². The van der Waals surface area contributed by atoms with Crippen molar-refractivity contribution in [3.05, 3.63) is 70.1 Å². The van der Waals surface area contributed by atoms with Gasteiger partial charge in [-0.25, -0.2) is 4.79 Å². The highest BCUT2D eigenvalue weighted by molar-refractivity contribution is 5.98. The Bertz CT molecular complexity index is 1290. The molecule has 1 unspecified atom stereocenters. The van der Waals surface area contributed by atoms with Crippen LogP contribution in [0.4, 0.5) is 4.79 Å². The summed E-state index contributed by atoms with van der Waals surface area (Å²) in [6.45, 7) is 12.2. The molecule has 0 aliphatic carbocycles. The molecule has 2 amide bonds. The Balaban J connectivity index is 2.51. The third-order valence-electron chi connectivity index (χ3n) is 5.93. The van der Waals surface area contributed by atoms with Crippen LogP contribution < -0.4 is 16.2 Å². The van der Waals surface area contributed by atoms with Crippen molar-refractivity contribution in [2.45, 2.75) is 60.7 Å². The van der Waals surface area contributed by atoms with Crippen LogP contribution in [0.15, 0.2) is 53.3 Å². The van der Waals surface area contributed by atoms with Crippen molar-refractivity contribution in [1.82, 2.24) is 15.2 Å². The van der Waals surface area contributed by atoms with Crippen molar-refractivity contribution in [2.24, 2.45) is 11.3 Å². The van der Waals surface area contributed by atoms with Crippen LogP contribution in [-0.4, -0.2) is 21.7 Å². The fourth-order valence-electron chi connectivity index (χ4n) is 4.42. The van der Waals surface area contributed by atoms with Gasteiger partial charge >= 0.3 is 6.09 Å². The second-order valence-electron chi connectivity index (χ2n) is 10.5. The standard InChI is InChI=1S/C28H35N3O4/c1-17(2)16-31-24(25(28(4,5)6)30-27(34)35)23(20-10-8-7-9-11-20)22-14-19(15-29-18(3)32)12-13-21(22)26(31)33/h7-14,17,25,30H,15-16H2,1-6H3,(H,29,32)(H,34,35). The van der Waals surface area contributed by atoms with Crippen LogP contribution >= 0.6 is 0 Å². The van der Waals surface area contributed by atoms with Gasteiger partial charge in [-0.1, -0.05) is 71.0 Å². The second-order valence-corrected chi connectivity index (χ2v) is 10.5. The Hall–Kier alpha value is -3.61. The SMILES string of the molecule is CC(=O)NCc1ccc2c(=O)n(CC(C)C)c(C(NC(=O)O)C(C)(C)C)c(-c3ccccc3)c2c1. The third-order valence-corrected chi connectivity index (χ3v) is 5.93. The van der Waals surface area contributed by atoms with Crippen molar-refractivity contribution in [2.75, 3.05) is 0 Å². The first-order valence-corrected chi connectivity index (χ1v) is 11.9. The zero-order valence-electron chi connectivity index (χ0n) is 21.3. The third kappa shape index (κ3) is 5.91. The summed E-state index contributed by atoms with van der Waals surface area (Å²) < 4.78 is 1.74. The number of rotatable bonds is 7. The van der Waals surface area contributed by atoms with E-state index in [4.69, 9.17) is 0 Å². The van der Waals surface area contributed by atoms with Gasteiger partial charge in [0.15, 0.2) is 0 Å². The quantitative estimate of drug-likeness (QED) is 0.429. The molecule has 3 aromatic rings. The van der Waals surface area contributed by atoms with Crippen molar-refractivity contribution >= 4 is 22.8 Å². The van der Waals surface area contributed by atoms with Crippen LogP contribution in [0.25, 0.3) is 21.9 Å². The summed E-state index contributed by atoms with van der Waals surface area (Å²) >= 11 is 0. The molecule has 1 atom stereocenters. The maximum absolute atomic E-state index is 13.9. The molecule has 0 aliphatic heterocycles. The molecule has 3 N–H and O–H groups in total. The van der Waals surface area contributed by atoms with Gasteiger partial charge in [-0.3, -0.25) is 9.59 Å². The van der Waals surface area contributed by atoms with Crippen molar-refractivity contribution in [3.63, 3.8) is 0 Å². The molecular weight excluding hydrogens is 442 g/mol. The summed E-state index contributed by atoms with van der Waals surface area (Å²) in [6.07, 6.45) is -1.15. The van der Waals surface area contributed by atoms with Crippen LogP contribution in [0.1, 0.15) is 58.8 Å². The number of pyridine rings is 1. The highest BCUT2D eigenvalue weighted by Gasteiger charge is 2.34. The van der Waals surface area contributed by atoms with E-state index in [0.29, 0.717) is 24.2 Å². The maximum Gasteiger partial charge on any atom is 0.405 e. The van der Waals surface area contributed by atoms with Crippen molar-refractivity contribution in [1.29, 1.82) is 0 Å². The minimum atomic E-state index is -1.15. The van der Waals surface area contributed by atoms with Gasteiger partial charge in [-0.15, -0.1) is 0 Å². The highest BCUT2D eigenvalue weighted by Crippen LogP contribution is 2.41. The number of carboxylic acid groups (broad SMARTS) is 1. The zero-order chi connectivity index (χ0) is 25.9. The number of benzene rings is 2. The van der Waals surface area contributed by atoms with Gasteiger partial charge in [0.05, 0.1) is 11.7 Å². The predicted molar refractivity (Wildman–Crippen MR) is 139 cm³/mol. The molecule has 0 spiro atoms. The fourth-order valence-corrected chi connectivity index (χ4v) is 4.42. The van der Waals surface area contributed by atoms with Crippen LogP contribution in [0.3, 0.4) is 0 Å². The highest BCUT2D eigenvalue weighted by atomic mass is 16.4. The fraction of sp³-hybridized carbons (Fsp3) is 0.393. The topological polar surface area (TPSA) is 100 Å². The number of fused-ring (bicyclic) bond motifs is 1.